The largest absolute Gasteiger partial charge is 0.481 e. The first-order chi connectivity index (χ1) is 9.06. The predicted molar refractivity (Wildman–Crippen MR) is 71.0 cm³/mol. The maximum atomic E-state index is 11.8. The summed E-state index contributed by atoms with van der Waals surface area (Å²) in [6.45, 7) is 2.54. The summed E-state index contributed by atoms with van der Waals surface area (Å²) in [7, 11) is 1.61. The molecule has 3 atom stereocenters. The van der Waals surface area contributed by atoms with Gasteiger partial charge >= 0.3 is 12.0 Å². The van der Waals surface area contributed by atoms with E-state index in [0.29, 0.717) is 19.4 Å². The van der Waals surface area contributed by atoms with Crippen LogP contribution in [0, 0.1) is 5.92 Å². The number of aliphatic carboxylic acids is 1. The van der Waals surface area contributed by atoms with E-state index in [-0.39, 0.29) is 24.0 Å². The van der Waals surface area contributed by atoms with Crippen molar-refractivity contribution in [3.8, 4) is 0 Å². The molecule has 1 aliphatic carbocycles. The summed E-state index contributed by atoms with van der Waals surface area (Å²) in [5, 5.41) is 14.6. The molecule has 3 N–H and O–H groups in total. The van der Waals surface area contributed by atoms with Gasteiger partial charge in [-0.25, -0.2) is 4.79 Å². The molecule has 19 heavy (non-hydrogen) atoms. The second-order valence-electron chi connectivity index (χ2n) is 5.10. The van der Waals surface area contributed by atoms with Crippen molar-refractivity contribution in [3.63, 3.8) is 0 Å². The third-order valence-electron chi connectivity index (χ3n) is 3.46. The van der Waals surface area contributed by atoms with Gasteiger partial charge in [0.1, 0.15) is 0 Å². The topological polar surface area (TPSA) is 87.7 Å². The van der Waals surface area contributed by atoms with Crippen LogP contribution >= 0.6 is 0 Å². The maximum absolute atomic E-state index is 11.8. The monoisotopic (exact) mass is 272 g/mol. The molecule has 0 heterocycles. The van der Waals surface area contributed by atoms with Gasteiger partial charge in [-0.1, -0.05) is 13.3 Å². The summed E-state index contributed by atoms with van der Waals surface area (Å²) in [5.41, 5.74) is 0. The van der Waals surface area contributed by atoms with E-state index in [1.54, 1.807) is 7.11 Å². The van der Waals surface area contributed by atoms with Crippen LogP contribution in [0.4, 0.5) is 4.79 Å². The molecule has 0 radical (unpaired) electrons. The molecule has 2 amide bonds. The summed E-state index contributed by atoms with van der Waals surface area (Å²) in [6.07, 6.45) is 3.72. The van der Waals surface area contributed by atoms with Gasteiger partial charge < -0.3 is 20.5 Å². The highest BCUT2D eigenvalue weighted by Crippen LogP contribution is 2.25. The second kappa shape index (κ2) is 7.99. The number of urea groups is 1. The van der Waals surface area contributed by atoms with E-state index in [9.17, 15) is 9.59 Å². The SMILES string of the molecule is CCCC(COC)NC(=O)NC1CCC(C(=O)O)C1. The van der Waals surface area contributed by atoms with Gasteiger partial charge in [-0.3, -0.25) is 4.79 Å². The van der Waals surface area contributed by atoms with Crippen LogP contribution in [0.2, 0.25) is 0 Å². The standard InChI is InChI=1S/C13H24N2O4/c1-3-4-11(8-19-2)15-13(18)14-10-6-5-9(7-10)12(16)17/h9-11H,3-8H2,1-2H3,(H,16,17)(H2,14,15,18). The van der Waals surface area contributed by atoms with Crippen LogP contribution in [0.3, 0.4) is 0 Å². The lowest BCUT2D eigenvalue weighted by Crippen LogP contribution is -2.47. The lowest BCUT2D eigenvalue weighted by Gasteiger charge is -2.19. The zero-order chi connectivity index (χ0) is 14.3. The Bertz CT molecular complexity index is 303. The number of hydrogen-bond donors (Lipinski definition) is 3. The van der Waals surface area contributed by atoms with Crippen LogP contribution < -0.4 is 10.6 Å². The molecule has 0 aromatic heterocycles. The fraction of sp³-hybridized carbons (Fsp3) is 0.846. The smallest absolute Gasteiger partial charge is 0.315 e. The number of carboxylic acids is 1. The third kappa shape index (κ3) is 5.46. The molecule has 1 rings (SSSR count). The Morgan fingerprint density at radius 3 is 2.68 bits per heavy atom. The number of hydrogen-bond acceptors (Lipinski definition) is 3. The van der Waals surface area contributed by atoms with Crippen LogP contribution in [-0.2, 0) is 9.53 Å². The molecule has 1 fully saturated rings. The number of rotatable bonds is 7. The van der Waals surface area contributed by atoms with E-state index in [0.717, 1.165) is 19.3 Å². The molecule has 6 heteroatoms. The second-order valence-corrected chi connectivity index (χ2v) is 5.10. The van der Waals surface area contributed by atoms with Crippen molar-refractivity contribution < 1.29 is 19.4 Å². The van der Waals surface area contributed by atoms with Gasteiger partial charge in [0.2, 0.25) is 0 Å². The minimum atomic E-state index is -0.770. The Kier molecular flexibility index (Phi) is 6.62. The third-order valence-corrected chi connectivity index (χ3v) is 3.46. The number of ether oxygens (including phenoxy) is 1. The quantitative estimate of drug-likeness (QED) is 0.653. The molecule has 0 aliphatic heterocycles. The number of nitrogens with one attached hydrogen (secondary N) is 2. The van der Waals surface area contributed by atoms with Crippen LogP contribution in [0.5, 0.6) is 0 Å². The fourth-order valence-corrected chi connectivity index (χ4v) is 2.50. The lowest BCUT2D eigenvalue weighted by atomic mass is 10.1. The zero-order valence-electron chi connectivity index (χ0n) is 11.6. The molecule has 1 saturated carbocycles. The van der Waals surface area contributed by atoms with Gasteiger partial charge in [0.15, 0.2) is 0 Å². The summed E-state index contributed by atoms with van der Waals surface area (Å²) in [6, 6.07) is -0.260. The Hall–Kier alpha value is -1.30. The van der Waals surface area contributed by atoms with Gasteiger partial charge in [-0.15, -0.1) is 0 Å². The molecule has 0 bridgehead atoms. The lowest BCUT2D eigenvalue weighted by molar-refractivity contribution is -0.141. The molecule has 0 aromatic carbocycles. The van der Waals surface area contributed by atoms with Gasteiger partial charge in [0.25, 0.3) is 0 Å². The minimum Gasteiger partial charge on any atom is -0.481 e. The van der Waals surface area contributed by atoms with Crippen molar-refractivity contribution in [2.45, 2.75) is 51.1 Å². The summed E-state index contributed by atoms with van der Waals surface area (Å²) in [5.74, 6) is -1.09. The molecule has 0 aromatic rings. The van der Waals surface area contributed by atoms with E-state index in [1.165, 1.54) is 0 Å². The van der Waals surface area contributed by atoms with Crippen molar-refractivity contribution in [2.75, 3.05) is 13.7 Å². The van der Waals surface area contributed by atoms with E-state index in [1.807, 2.05) is 0 Å². The highest BCUT2D eigenvalue weighted by atomic mass is 16.5. The van der Waals surface area contributed by atoms with E-state index in [2.05, 4.69) is 17.6 Å². The van der Waals surface area contributed by atoms with E-state index >= 15 is 0 Å². The number of carbonyl (C=O) groups is 2. The van der Waals surface area contributed by atoms with Gasteiger partial charge in [0, 0.05) is 13.2 Å². The van der Waals surface area contributed by atoms with Gasteiger partial charge in [-0.05, 0) is 25.7 Å². The van der Waals surface area contributed by atoms with Crippen LogP contribution in [0.1, 0.15) is 39.0 Å². The van der Waals surface area contributed by atoms with Crippen molar-refractivity contribution in [1.29, 1.82) is 0 Å². The van der Waals surface area contributed by atoms with E-state index in [4.69, 9.17) is 9.84 Å². The first kappa shape index (κ1) is 15.8. The predicted octanol–water partition coefficient (Wildman–Crippen LogP) is 1.35. The Balaban J connectivity index is 2.32. The zero-order valence-corrected chi connectivity index (χ0v) is 11.6. The normalized spacial score (nSPS) is 23.9. The molecular formula is C13H24N2O4. The Morgan fingerprint density at radius 1 is 1.42 bits per heavy atom. The van der Waals surface area contributed by atoms with Crippen molar-refractivity contribution in [1.82, 2.24) is 10.6 Å². The molecule has 0 spiro atoms. The summed E-state index contributed by atoms with van der Waals surface area (Å²) in [4.78, 5) is 22.6. The highest BCUT2D eigenvalue weighted by Gasteiger charge is 2.30. The number of carboxylic acid groups (broad SMARTS) is 1. The molecule has 110 valence electrons. The average Bonchev–Trinajstić information content (AvgIpc) is 2.78. The van der Waals surface area contributed by atoms with E-state index < -0.39 is 5.97 Å². The molecule has 6 nitrogen and oxygen atoms in total. The Labute approximate surface area is 113 Å². The van der Waals surface area contributed by atoms with Gasteiger partial charge in [-0.2, -0.15) is 0 Å². The number of carbonyl (C=O) groups excluding carboxylic acids is 1. The average molecular weight is 272 g/mol. The molecule has 0 saturated heterocycles. The Morgan fingerprint density at radius 2 is 2.16 bits per heavy atom. The van der Waals surface area contributed by atoms with Crippen LogP contribution in [0.25, 0.3) is 0 Å². The van der Waals surface area contributed by atoms with Crippen LogP contribution in [-0.4, -0.2) is 42.9 Å². The highest BCUT2D eigenvalue weighted by molar-refractivity contribution is 5.75. The summed E-state index contributed by atoms with van der Waals surface area (Å²) >= 11 is 0. The summed E-state index contributed by atoms with van der Waals surface area (Å²) < 4.78 is 5.06. The molecule has 3 unspecified atom stereocenters. The number of amides is 2. The number of methoxy groups -OCH3 is 1. The van der Waals surface area contributed by atoms with Crippen molar-refractivity contribution in [3.05, 3.63) is 0 Å². The fourth-order valence-electron chi connectivity index (χ4n) is 2.50. The van der Waals surface area contributed by atoms with Gasteiger partial charge in [0.05, 0.1) is 18.6 Å². The first-order valence-corrected chi connectivity index (χ1v) is 6.85. The van der Waals surface area contributed by atoms with Crippen molar-refractivity contribution in [2.24, 2.45) is 5.92 Å². The van der Waals surface area contributed by atoms with Crippen molar-refractivity contribution >= 4 is 12.0 Å². The molecular weight excluding hydrogens is 248 g/mol. The minimum absolute atomic E-state index is 0.00618. The maximum Gasteiger partial charge on any atom is 0.315 e. The molecule has 1 aliphatic rings. The first-order valence-electron chi connectivity index (χ1n) is 6.85. The van der Waals surface area contributed by atoms with Crippen LogP contribution in [0.15, 0.2) is 0 Å².